The predicted molar refractivity (Wildman–Crippen MR) is 82.2 cm³/mol. The van der Waals surface area contributed by atoms with Crippen LogP contribution in [0.2, 0.25) is 0 Å². The zero-order valence-electron chi connectivity index (χ0n) is 15.0. The van der Waals surface area contributed by atoms with Crippen molar-refractivity contribution in [1.29, 1.82) is 0 Å². The Bertz CT molecular complexity index is 458. The summed E-state index contributed by atoms with van der Waals surface area (Å²) in [5, 5.41) is 88.7. The second kappa shape index (κ2) is 14.3. The average Bonchev–Trinajstić information content (AvgIpc) is 2.62. The van der Waals surface area contributed by atoms with Crippen molar-refractivity contribution >= 4 is 23.7 Å². The summed E-state index contributed by atoms with van der Waals surface area (Å²) >= 11 is 0. The maximum absolute atomic E-state index is 10.8. The van der Waals surface area contributed by atoms with Crippen molar-refractivity contribution in [3.05, 3.63) is 0 Å². The second-order valence-corrected chi connectivity index (χ2v) is 5.69. The summed E-state index contributed by atoms with van der Waals surface area (Å²) in [6.45, 7) is 2.54. The SMILES string of the molecule is CC(=O)C(C)C(O)C(O)C(O)C(=O)O.O=C([O-])C(O)C(O)C(O)C(O)C(=O)O.[Fe+3]. The van der Waals surface area contributed by atoms with E-state index in [9.17, 15) is 29.4 Å². The molecule has 0 bridgehead atoms. The first kappa shape index (κ1) is 32.0. The van der Waals surface area contributed by atoms with E-state index in [-0.39, 0.29) is 17.1 Å². The molecule has 0 aromatic rings. The fraction of sp³-hybridized carbons (Fsp3) is 0.714. The molecule has 0 spiro atoms. The molecule has 0 aliphatic rings. The van der Waals surface area contributed by atoms with Crippen LogP contribution in [0.5, 0.6) is 0 Å². The third-order valence-electron chi connectivity index (χ3n) is 3.57. The smallest absolute Gasteiger partial charge is 0.547 e. The van der Waals surface area contributed by atoms with Crippen molar-refractivity contribution in [1.82, 2.24) is 0 Å². The van der Waals surface area contributed by atoms with Gasteiger partial charge in [0.05, 0.1) is 12.1 Å². The van der Waals surface area contributed by atoms with Crippen molar-refractivity contribution in [3.8, 4) is 0 Å². The monoisotopic (exact) mass is 471 g/mol. The number of carboxylic acid groups (broad SMARTS) is 3. The van der Waals surface area contributed by atoms with Crippen molar-refractivity contribution in [2.75, 3.05) is 0 Å². The van der Waals surface area contributed by atoms with Crippen LogP contribution >= 0.6 is 0 Å². The number of aliphatic carboxylic acids is 3. The predicted octanol–water partition coefficient (Wildman–Crippen LogP) is -6.36. The van der Waals surface area contributed by atoms with Gasteiger partial charge in [-0.25, -0.2) is 9.59 Å². The van der Waals surface area contributed by atoms with Crippen LogP contribution in [0.1, 0.15) is 13.8 Å². The van der Waals surface area contributed by atoms with Gasteiger partial charge in [0.2, 0.25) is 0 Å². The number of carbonyl (C=O) groups excluding carboxylic acids is 2. The first-order valence-electron chi connectivity index (χ1n) is 7.51. The van der Waals surface area contributed by atoms with E-state index in [1.54, 1.807) is 0 Å². The molecule has 0 saturated carbocycles. The molecular formula is C14H23FeO14+2. The van der Waals surface area contributed by atoms with E-state index in [4.69, 9.17) is 40.9 Å². The van der Waals surface area contributed by atoms with Crippen LogP contribution in [0.25, 0.3) is 0 Å². The Balaban J connectivity index is -0.000000451. The molecule has 0 aliphatic carbocycles. The molecule has 14 nitrogen and oxygen atoms in total. The molecule has 9 N–H and O–H groups in total. The van der Waals surface area contributed by atoms with Gasteiger partial charge < -0.3 is 55.9 Å². The molecule has 0 aliphatic heterocycles. The summed E-state index contributed by atoms with van der Waals surface area (Å²) in [5.41, 5.74) is 0. The zero-order chi connectivity index (χ0) is 22.9. The quantitative estimate of drug-likeness (QED) is 0.134. The maximum atomic E-state index is 10.8. The van der Waals surface area contributed by atoms with Gasteiger partial charge in [-0.2, -0.15) is 0 Å². The summed E-state index contributed by atoms with van der Waals surface area (Å²) in [6.07, 6.45) is -15.1. The number of aliphatic hydroxyl groups is 7. The number of ketones is 1. The molecule has 15 heteroatoms. The van der Waals surface area contributed by atoms with E-state index in [0.717, 1.165) is 0 Å². The standard InChI is InChI=1S/C8H14O6.C6H10O8.Fe/c1-3(4(2)9)5(10)6(11)7(12)8(13)14;7-1(3(9)5(11)12)2(8)4(10)6(13)14;/h3,5-7,10-12H,1-2H3,(H,13,14);1-4,7-10H,(H,11,12)(H,13,14);/q;;+3/p-1. The number of Topliss-reactive ketones (excluding diaryl/α,β-unsaturated/α-hetero) is 1. The van der Waals surface area contributed by atoms with Gasteiger partial charge in [0, 0.05) is 5.92 Å². The maximum Gasteiger partial charge on any atom is 3.00 e. The molecule has 0 saturated heterocycles. The Kier molecular flexibility index (Phi) is 15.8. The van der Waals surface area contributed by atoms with Crippen molar-refractivity contribution in [2.45, 2.75) is 56.6 Å². The molecule has 8 atom stereocenters. The van der Waals surface area contributed by atoms with Gasteiger partial charge in [0.1, 0.15) is 30.2 Å². The zero-order valence-corrected chi connectivity index (χ0v) is 16.1. The molecule has 8 unspecified atom stereocenters. The van der Waals surface area contributed by atoms with E-state index in [2.05, 4.69) is 0 Å². The van der Waals surface area contributed by atoms with Crippen molar-refractivity contribution in [2.24, 2.45) is 5.92 Å². The molecule has 0 rings (SSSR count). The first-order chi connectivity index (χ1) is 12.6. The molecule has 29 heavy (non-hydrogen) atoms. The topological polar surface area (TPSA) is 273 Å². The van der Waals surface area contributed by atoms with Crippen LogP contribution in [0.4, 0.5) is 0 Å². The number of rotatable bonds is 10. The minimum absolute atomic E-state index is 0. The van der Waals surface area contributed by atoms with E-state index in [1.165, 1.54) is 13.8 Å². The molecule has 0 aromatic heterocycles. The second-order valence-electron chi connectivity index (χ2n) is 5.69. The molecule has 0 heterocycles. The van der Waals surface area contributed by atoms with Gasteiger partial charge in [-0.1, -0.05) is 6.92 Å². The first-order valence-corrected chi connectivity index (χ1v) is 7.51. The van der Waals surface area contributed by atoms with Crippen LogP contribution in [0.15, 0.2) is 0 Å². The van der Waals surface area contributed by atoms with Crippen LogP contribution in [-0.4, -0.2) is 112 Å². The molecular weight excluding hydrogens is 448 g/mol. The molecule has 0 fully saturated rings. The summed E-state index contributed by atoms with van der Waals surface area (Å²) < 4.78 is 0. The summed E-state index contributed by atoms with van der Waals surface area (Å²) in [5.74, 6) is -6.91. The van der Waals surface area contributed by atoms with E-state index >= 15 is 0 Å². The van der Waals surface area contributed by atoms with E-state index in [1.807, 2.05) is 0 Å². The number of hydrogen-bond acceptors (Lipinski definition) is 12. The third-order valence-corrected chi connectivity index (χ3v) is 3.57. The number of carbonyl (C=O) groups is 4. The Labute approximate surface area is 174 Å². The van der Waals surface area contributed by atoms with Crippen molar-refractivity contribution < 1.29 is 87.3 Å². The molecule has 169 valence electrons. The Morgan fingerprint density at radius 3 is 1.17 bits per heavy atom. The summed E-state index contributed by atoms with van der Waals surface area (Å²) in [7, 11) is 0. The van der Waals surface area contributed by atoms with Gasteiger partial charge in [-0.15, -0.1) is 0 Å². The van der Waals surface area contributed by atoms with E-state index in [0.29, 0.717) is 0 Å². The molecule has 1 radical (unpaired) electrons. The fourth-order valence-corrected chi connectivity index (χ4v) is 1.53. The van der Waals surface area contributed by atoms with Gasteiger partial charge in [0.15, 0.2) is 12.2 Å². The third kappa shape index (κ3) is 10.6. The van der Waals surface area contributed by atoms with Crippen LogP contribution in [0.3, 0.4) is 0 Å². The average molecular weight is 471 g/mol. The normalized spacial score (nSPS) is 18.8. The summed E-state index contributed by atoms with van der Waals surface area (Å²) in [4.78, 5) is 41.1. The van der Waals surface area contributed by atoms with Gasteiger partial charge in [-0.3, -0.25) is 4.79 Å². The minimum atomic E-state index is -2.47. The Hall–Kier alpha value is -1.68. The fourth-order valence-electron chi connectivity index (χ4n) is 1.53. The van der Waals surface area contributed by atoms with Crippen LogP contribution in [-0.2, 0) is 36.2 Å². The Morgan fingerprint density at radius 2 is 0.931 bits per heavy atom. The van der Waals surface area contributed by atoms with Crippen LogP contribution < -0.4 is 5.11 Å². The molecule has 0 amide bonds. The molecule has 0 aromatic carbocycles. The van der Waals surface area contributed by atoms with Gasteiger partial charge in [-0.05, 0) is 6.92 Å². The Morgan fingerprint density at radius 1 is 0.655 bits per heavy atom. The van der Waals surface area contributed by atoms with Crippen LogP contribution in [0, 0.1) is 5.92 Å². The largest absolute Gasteiger partial charge is 3.00 e. The van der Waals surface area contributed by atoms with Gasteiger partial charge in [0.25, 0.3) is 0 Å². The number of aliphatic hydroxyl groups excluding tert-OH is 7. The minimum Gasteiger partial charge on any atom is -0.547 e. The summed E-state index contributed by atoms with van der Waals surface area (Å²) in [6, 6.07) is 0. The number of hydrogen-bond donors (Lipinski definition) is 9. The van der Waals surface area contributed by atoms with Gasteiger partial charge >= 0.3 is 29.0 Å². The van der Waals surface area contributed by atoms with Crippen molar-refractivity contribution in [3.63, 3.8) is 0 Å². The number of carboxylic acids is 3. The van der Waals surface area contributed by atoms with E-state index < -0.39 is 72.3 Å².